The molecule has 25 heavy (non-hydrogen) atoms. The molecule has 1 fully saturated rings. The van der Waals surface area contributed by atoms with Gasteiger partial charge in [0, 0.05) is 30.8 Å². The van der Waals surface area contributed by atoms with Gasteiger partial charge in [-0.05, 0) is 17.7 Å². The van der Waals surface area contributed by atoms with Gasteiger partial charge in [0.25, 0.3) is 5.91 Å². The first-order chi connectivity index (χ1) is 12.0. The molecule has 6 heteroatoms. The van der Waals surface area contributed by atoms with Gasteiger partial charge >= 0.3 is 0 Å². The number of hydrogen-bond donors (Lipinski definition) is 1. The summed E-state index contributed by atoms with van der Waals surface area (Å²) in [5.74, 6) is -0.329. The molecule has 0 spiro atoms. The largest absolute Gasteiger partial charge is 0.365 e. The van der Waals surface area contributed by atoms with Crippen LogP contribution in [0.5, 0.6) is 0 Å². The summed E-state index contributed by atoms with van der Waals surface area (Å²) in [5.41, 5.74) is 4.57. The molecule has 3 rings (SSSR count). The lowest BCUT2D eigenvalue weighted by atomic mass is 10.1. The van der Waals surface area contributed by atoms with E-state index in [1.54, 1.807) is 6.21 Å². The molecule has 0 unspecified atom stereocenters. The molecule has 1 N–H and O–H groups in total. The Labute approximate surface area is 157 Å². The molecule has 2 aromatic rings. The Bertz CT molecular complexity index is 750. The van der Waals surface area contributed by atoms with Crippen LogP contribution in [-0.2, 0) is 4.79 Å². The Morgan fingerprint density at radius 2 is 1.76 bits per heavy atom. The van der Waals surface area contributed by atoms with Crippen LogP contribution in [0.2, 0.25) is 0 Å². The smallest absolute Gasteiger partial charge is 0.259 e. The number of halogens is 2. The molecule has 130 valence electrons. The molecular weight excluding hydrogens is 357 g/mol. The minimum absolute atomic E-state index is 0.00956. The van der Waals surface area contributed by atoms with Gasteiger partial charge in [-0.15, -0.1) is 23.2 Å². The Morgan fingerprint density at radius 3 is 2.40 bits per heavy atom. The van der Waals surface area contributed by atoms with Crippen molar-refractivity contribution in [2.75, 3.05) is 18.5 Å². The summed E-state index contributed by atoms with van der Waals surface area (Å²) < 4.78 is -0.879. The van der Waals surface area contributed by atoms with E-state index < -0.39 is 4.33 Å². The number of benzene rings is 2. The number of anilines is 1. The van der Waals surface area contributed by atoms with Crippen molar-refractivity contribution in [3.63, 3.8) is 0 Å². The Morgan fingerprint density at radius 1 is 1.16 bits per heavy atom. The van der Waals surface area contributed by atoms with E-state index in [4.69, 9.17) is 23.2 Å². The lowest BCUT2D eigenvalue weighted by Crippen LogP contribution is -2.32. The number of carbonyl (C=O) groups is 1. The first-order valence-electron chi connectivity index (χ1n) is 8.01. The van der Waals surface area contributed by atoms with Gasteiger partial charge in [-0.3, -0.25) is 4.79 Å². The minimum Gasteiger partial charge on any atom is -0.365 e. The molecule has 0 saturated heterocycles. The average Bonchev–Trinajstić information content (AvgIpc) is 3.17. The van der Waals surface area contributed by atoms with Crippen molar-refractivity contribution in [2.24, 2.45) is 11.0 Å². The van der Waals surface area contributed by atoms with Crippen LogP contribution in [0.3, 0.4) is 0 Å². The summed E-state index contributed by atoms with van der Waals surface area (Å²) in [6.07, 6.45) is 1.62. The number of nitrogens with one attached hydrogen (secondary N) is 1. The van der Waals surface area contributed by atoms with E-state index in [9.17, 15) is 4.79 Å². The number of nitrogens with zero attached hydrogens (tertiary/aromatic N) is 2. The van der Waals surface area contributed by atoms with Crippen LogP contribution in [0, 0.1) is 5.92 Å². The molecule has 2 aromatic carbocycles. The van der Waals surface area contributed by atoms with Crippen molar-refractivity contribution in [1.82, 2.24) is 5.43 Å². The number of amides is 1. The third-order valence-corrected chi connectivity index (χ3v) is 5.24. The van der Waals surface area contributed by atoms with Crippen LogP contribution in [0.25, 0.3) is 0 Å². The minimum atomic E-state index is -0.879. The third kappa shape index (κ3) is 4.14. The molecule has 0 heterocycles. The zero-order valence-electron chi connectivity index (χ0n) is 13.8. The highest BCUT2D eigenvalue weighted by Gasteiger charge is 2.63. The lowest BCUT2D eigenvalue weighted by Gasteiger charge is -2.17. The molecule has 1 saturated carbocycles. The molecule has 1 amide bonds. The maximum Gasteiger partial charge on any atom is 0.259 e. The van der Waals surface area contributed by atoms with Gasteiger partial charge < -0.3 is 4.90 Å². The highest BCUT2D eigenvalue weighted by atomic mass is 35.5. The van der Waals surface area contributed by atoms with Crippen molar-refractivity contribution in [2.45, 2.75) is 10.3 Å². The van der Waals surface area contributed by atoms with Crippen LogP contribution in [-0.4, -0.2) is 30.0 Å². The van der Waals surface area contributed by atoms with E-state index in [1.165, 1.54) is 0 Å². The van der Waals surface area contributed by atoms with Gasteiger partial charge in [-0.1, -0.05) is 48.5 Å². The SMILES string of the molecule is CN(CC(=O)N/N=C\[C@H]1[C@H](c2ccccc2)C1(Cl)Cl)c1ccccc1. The predicted octanol–water partition coefficient (Wildman–Crippen LogP) is 3.81. The number of carbonyl (C=O) groups excluding carboxylic acids is 1. The first-order valence-corrected chi connectivity index (χ1v) is 8.76. The first kappa shape index (κ1) is 17.8. The Kier molecular flexibility index (Phi) is 5.30. The molecular formula is C19H19Cl2N3O. The van der Waals surface area contributed by atoms with E-state index in [2.05, 4.69) is 10.5 Å². The number of rotatable bonds is 6. The predicted molar refractivity (Wildman–Crippen MR) is 103 cm³/mol. The second-order valence-electron chi connectivity index (χ2n) is 6.09. The fourth-order valence-electron chi connectivity index (χ4n) is 2.84. The second kappa shape index (κ2) is 7.46. The van der Waals surface area contributed by atoms with Crippen LogP contribution in [0.4, 0.5) is 5.69 Å². The molecule has 0 bridgehead atoms. The maximum absolute atomic E-state index is 12.0. The number of hydrogen-bond acceptors (Lipinski definition) is 3. The number of alkyl halides is 2. The summed E-state index contributed by atoms with van der Waals surface area (Å²) >= 11 is 12.7. The number of hydrazone groups is 1. The molecule has 1 aliphatic carbocycles. The molecule has 0 aliphatic heterocycles. The summed E-state index contributed by atoms with van der Waals surface area (Å²) in [6, 6.07) is 19.5. The van der Waals surface area contributed by atoms with Gasteiger partial charge in [0.15, 0.2) is 0 Å². The number of likely N-dealkylation sites (N-methyl/N-ethyl adjacent to an activating group) is 1. The molecule has 0 radical (unpaired) electrons. The zero-order chi connectivity index (χ0) is 17.9. The van der Waals surface area contributed by atoms with Crippen LogP contribution >= 0.6 is 23.2 Å². The summed E-state index contributed by atoms with van der Waals surface area (Å²) in [6.45, 7) is 0.209. The maximum atomic E-state index is 12.0. The van der Waals surface area contributed by atoms with Gasteiger partial charge in [-0.2, -0.15) is 5.10 Å². The van der Waals surface area contributed by atoms with Gasteiger partial charge in [0.05, 0.1) is 6.54 Å². The van der Waals surface area contributed by atoms with Gasteiger partial charge in [0.2, 0.25) is 0 Å². The fourth-order valence-corrected chi connectivity index (χ4v) is 3.60. The molecule has 2 atom stereocenters. The van der Waals surface area contributed by atoms with Gasteiger partial charge in [0.1, 0.15) is 4.33 Å². The van der Waals surface area contributed by atoms with Crippen molar-refractivity contribution >= 4 is 41.0 Å². The van der Waals surface area contributed by atoms with Crippen LogP contribution in [0.15, 0.2) is 65.8 Å². The normalized spacial score (nSPS) is 21.1. The van der Waals surface area contributed by atoms with E-state index in [0.717, 1.165) is 11.3 Å². The standard InChI is InChI=1S/C19H19Cl2N3O/c1-24(15-10-6-3-7-11-15)13-17(25)23-22-12-16-18(19(16,20)21)14-8-4-2-5-9-14/h2-12,16,18H,13H2,1H3,(H,23,25)/b22-12-/t16-,18-/m0/s1. The highest BCUT2D eigenvalue weighted by Crippen LogP contribution is 2.63. The van der Waals surface area contributed by atoms with E-state index >= 15 is 0 Å². The van der Waals surface area contributed by atoms with Gasteiger partial charge in [-0.25, -0.2) is 5.43 Å². The second-order valence-corrected chi connectivity index (χ2v) is 7.54. The van der Waals surface area contributed by atoms with Crippen LogP contribution < -0.4 is 10.3 Å². The molecule has 0 aromatic heterocycles. The topological polar surface area (TPSA) is 44.7 Å². The Hall–Kier alpha value is -2.04. The van der Waals surface area contributed by atoms with Crippen LogP contribution in [0.1, 0.15) is 11.5 Å². The average molecular weight is 376 g/mol. The van der Waals surface area contributed by atoms with Crippen molar-refractivity contribution in [1.29, 1.82) is 0 Å². The summed E-state index contributed by atoms with van der Waals surface area (Å²) in [4.78, 5) is 13.9. The lowest BCUT2D eigenvalue weighted by molar-refractivity contribution is -0.119. The van der Waals surface area contributed by atoms with Crippen molar-refractivity contribution in [3.8, 4) is 0 Å². The van der Waals surface area contributed by atoms with E-state index in [1.807, 2.05) is 72.6 Å². The zero-order valence-corrected chi connectivity index (χ0v) is 15.3. The third-order valence-electron chi connectivity index (χ3n) is 4.27. The monoisotopic (exact) mass is 375 g/mol. The van der Waals surface area contributed by atoms with Crippen molar-refractivity contribution < 1.29 is 4.79 Å². The van der Waals surface area contributed by atoms with E-state index in [0.29, 0.717) is 0 Å². The highest BCUT2D eigenvalue weighted by molar-refractivity contribution is 6.53. The van der Waals surface area contributed by atoms with Crippen molar-refractivity contribution in [3.05, 3.63) is 66.2 Å². The van der Waals surface area contributed by atoms with E-state index in [-0.39, 0.29) is 24.3 Å². The number of para-hydroxylation sites is 1. The fraction of sp³-hybridized carbons (Fsp3) is 0.263. The Balaban J connectivity index is 1.52. The quantitative estimate of drug-likeness (QED) is 0.473. The molecule has 1 aliphatic rings. The molecule has 4 nitrogen and oxygen atoms in total. The summed E-state index contributed by atoms with van der Waals surface area (Å²) in [5, 5.41) is 4.03. The summed E-state index contributed by atoms with van der Waals surface area (Å²) in [7, 11) is 1.85.